The number of benzene rings is 1. The molecule has 0 amide bonds. The van der Waals surface area contributed by atoms with E-state index in [1.807, 2.05) is 4.57 Å². The van der Waals surface area contributed by atoms with Gasteiger partial charge in [-0.2, -0.15) is 23.4 Å². The number of aromatic nitrogens is 4. The zero-order valence-electron chi connectivity index (χ0n) is 20.0. The van der Waals surface area contributed by atoms with Gasteiger partial charge in [-0.15, -0.1) is 0 Å². The number of halogens is 3. The van der Waals surface area contributed by atoms with Gasteiger partial charge in [-0.3, -0.25) is 4.57 Å². The minimum atomic E-state index is -4.44. The summed E-state index contributed by atoms with van der Waals surface area (Å²) in [6, 6.07) is 7.41. The molecule has 11 heteroatoms. The number of nitrogens with zero attached hydrogens (tertiary/aromatic N) is 5. The summed E-state index contributed by atoms with van der Waals surface area (Å²) >= 11 is 0. The van der Waals surface area contributed by atoms with Crippen molar-refractivity contribution in [1.29, 1.82) is 5.26 Å². The lowest BCUT2D eigenvalue weighted by atomic mass is 9.87. The van der Waals surface area contributed by atoms with Crippen molar-refractivity contribution in [3.8, 4) is 6.07 Å². The quantitative estimate of drug-likeness (QED) is 0.456. The Labute approximate surface area is 206 Å². The van der Waals surface area contributed by atoms with Crippen molar-refractivity contribution in [2.75, 3.05) is 23.8 Å². The third kappa shape index (κ3) is 5.09. The number of rotatable bonds is 5. The zero-order chi connectivity index (χ0) is 25.3. The van der Waals surface area contributed by atoms with Gasteiger partial charge in [0, 0.05) is 36.4 Å². The van der Waals surface area contributed by atoms with Crippen molar-refractivity contribution in [3.63, 3.8) is 0 Å². The van der Waals surface area contributed by atoms with Crippen molar-refractivity contribution >= 4 is 28.7 Å². The highest BCUT2D eigenvalue weighted by molar-refractivity contribution is 5.76. The van der Waals surface area contributed by atoms with E-state index in [0.29, 0.717) is 36.3 Å². The van der Waals surface area contributed by atoms with Gasteiger partial charge in [0.05, 0.1) is 17.8 Å². The predicted molar refractivity (Wildman–Crippen MR) is 129 cm³/mol. The Balaban J connectivity index is 1.52. The van der Waals surface area contributed by atoms with Gasteiger partial charge in [0.15, 0.2) is 5.65 Å². The first-order chi connectivity index (χ1) is 17.2. The number of fused-ring (bicyclic) bond motifs is 1. The molecule has 0 spiro atoms. The second-order valence-corrected chi connectivity index (χ2v) is 9.84. The van der Waals surface area contributed by atoms with Crippen molar-refractivity contribution in [3.05, 3.63) is 36.0 Å². The number of imidazole rings is 1. The predicted octanol–water partition coefficient (Wildman–Crippen LogP) is 5.82. The first-order valence-electron chi connectivity index (χ1n) is 12.2. The highest BCUT2D eigenvalue weighted by Gasteiger charge is 2.32. The minimum Gasteiger partial charge on any atom is -0.381 e. The molecule has 0 bridgehead atoms. The molecule has 3 heterocycles. The van der Waals surface area contributed by atoms with Gasteiger partial charge in [-0.05, 0) is 63.6 Å². The van der Waals surface area contributed by atoms with E-state index in [-0.39, 0.29) is 23.2 Å². The molecule has 5 rings (SSSR count). The lowest BCUT2D eigenvalue weighted by molar-refractivity contribution is -0.137. The number of nitriles is 1. The Kier molecular flexibility index (Phi) is 6.47. The van der Waals surface area contributed by atoms with Crippen LogP contribution in [0.25, 0.3) is 11.2 Å². The lowest BCUT2D eigenvalue weighted by Gasteiger charge is -2.34. The Morgan fingerprint density at radius 3 is 2.58 bits per heavy atom. The van der Waals surface area contributed by atoms with Crippen molar-refractivity contribution in [2.24, 2.45) is 5.92 Å². The third-order valence-electron chi connectivity index (χ3n) is 7.13. The number of alkyl halides is 3. The van der Waals surface area contributed by atoms with E-state index in [4.69, 9.17) is 9.72 Å². The molecule has 2 aromatic heterocycles. The number of hydrogen-bond donors (Lipinski definition) is 2. The van der Waals surface area contributed by atoms with Crippen LogP contribution in [-0.4, -0.2) is 38.3 Å². The fraction of sp³-hybridized carbons (Fsp3) is 0.520. The third-order valence-corrected chi connectivity index (χ3v) is 7.13. The maximum Gasteiger partial charge on any atom is 0.416 e. The van der Waals surface area contributed by atoms with E-state index in [1.165, 1.54) is 6.07 Å². The van der Waals surface area contributed by atoms with Crippen LogP contribution in [0.4, 0.5) is 30.8 Å². The monoisotopic (exact) mass is 499 g/mol. The van der Waals surface area contributed by atoms with Crippen LogP contribution in [-0.2, 0) is 10.9 Å². The topological polar surface area (TPSA) is 101 Å². The molecule has 190 valence electrons. The highest BCUT2D eigenvalue weighted by atomic mass is 19.4. The standard InChI is InChI=1S/C25H28F3N7O/c1-24(9-11-36-12-10-24)34-22-30-15-20-21(33-22)35(19-7-5-16(14-29)6-8-19)23(32-20)31-18-4-2-3-17(13-18)25(26,27)28/h2-4,13,15-16,19H,5-12H2,1H3,(H,31,32)(H,30,33,34)/t16-,19+. The molecule has 36 heavy (non-hydrogen) atoms. The number of hydrogen-bond acceptors (Lipinski definition) is 7. The van der Waals surface area contributed by atoms with E-state index in [9.17, 15) is 18.4 Å². The first-order valence-corrected chi connectivity index (χ1v) is 12.2. The molecule has 2 aliphatic rings. The molecule has 1 aliphatic carbocycles. The number of nitrogens with one attached hydrogen (secondary N) is 2. The summed E-state index contributed by atoms with van der Waals surface area (Å²) in [5.41, 5.74) is 0.516. The van der Waals surface area contributed by atoms with Gasteiger partial charge >= 0.3 is 6.18 Å². The Morgan fingerprint density at radius 2 is 1.89 bits per heavy atom. The summed E-state index contributed by atoms with van der Waals surface area (Å²) in [5.74, 6) is 0.897. The maximum absolute atomic E-state index is 13.3. The van der Waals surface area contributed by atoms with E-state index in [1.54, 1.807) is 12.3 Å². The summed E-state index contributed by atoms with van der Waals surface area (Å²) in [7, 11) is 0. The van der Waals surface area contributed by atoms with Crippen molar-refractivity contribution in [1.82, 2.24) is 19.5 Å². The summed E-state index contributed by atoms with van der Waals surface area (Å²) in [5, 5.41) is 15.9. The Bertz CT molecular complexity index is 1270. The fourth-order valence-corrected chi connectivity index (χ4v) is 4.97. The van der Waals surface area contributed by atoms with E-state index >= 15 is 0 Å². The van der Waals surface area contributed by atoms with Crippen LogP contribution in [0.15, 0.2) is 30.5 Å². The van der Waals surface area contributed by atoms with Crippen LogP contribution in [0.5, 0.6) is 0 Å². The molecular weight excluding hydrogens is 471 g/mol. The van der Waals surface area contributed by atoms with Crippen LogP contribution in [0.2, 0.25) is 0 Å². The van der Waals surface area contributed by atoms with Crippen LogP contribution in [0, 0.1) is 17.2 Å². The molecule has 3 aromatic rings. The van der Waals surface area contributed by atoms with Crippen LogP contribution < -0.4 is 10.6 Å². The normalized spacial score (nSPS) is 22.2. The van der Waals surface area contributed by atoms with Gasteiger partial charge in [0.1, 0.15) is 5.52 Å². The fourth-order valence-electron chi connectivity index (χ4n) is 4.97. The Hall–Kier alpha value is -3.39. The number of anilines is 3. The molecule has 0 radical (unpaired) electrons. The second-order valence-electron chi connectivity index (χ2n) is 9.84. The molecule has 2 N–H and O–H groups in total. The molecule has 1 aliphatic heterocycles. The molecule has 2 fully saturated rings. The number of ether oxygens (including phenoxy) is 1. The first kappa shape index (κ1) is 24.3. The summed E-state index contributed by atoms with van der Waals surface area (Å²) in [6.07, 6.45) is 1.85. The van der Waals surface area contributed by atoms with Crippen molar-refractivity contribution < 1.29 is 17.9 Å². The molecule has 0 unspecified atom stereocenters. The molecule has 1 saturated heterocycles. The summed E-state index contributed by atoms with van der Waals surface area (Å²) in [4.78, 5) is 13.9. The molecular formula is C25H28F3N7O. The maximum atomic E-state index is 13.3. The molecule has 8 nitrogen and oxygen atoms in total. The molecule has 1 aromatic carbocycles. The summed E-state index contributed by atoms with van der Waals surface area (Å²) in [6.45, 7) is 3.44. The smallest absolute Gasteiger partial charge is 0.381 e. The van der Waals surface area contributed by atoms with E-state index < -0.39 is 11.7 Å². The zero-order valence-corrected chi connectivity index (χ0v) is 20.0. The molecule has 0 atom stereocenters. The lowest BCUT2D eigenvalue weighted by Crippen LogP contribution is -2.41. The Morgan fingerprint density at radius 1 is 1.14 bits per heavy atom. The van der Waals surface area contributed by atoms with E-state index in [0.717, 1.165) is 50.7 Å². The van der Waals surface area contributed by atoms with E-state index in [2.05, 4.69) is 33.6 Å². The van der Waals surface area contributed by atoms with Crippen LogP contribution in [0.1, 0.15) is 57.1 Å². The summed E-state index contributed by atoms with van der Waals surface area (Å²) < 4.78 is 47.3. The SMILES string of the molecule is CC1(Nc2ncc3nc(Nc4cccc(C(F)(F)F)c4)n([C@H]4CC[C@@H](C#N)CC4)c3n2)CCOCC1. The average molecular weight is 500 g/mol. The van der Waals surface area contributed by atoms with Crippen LogP contribution >= 0.6 is 0 Å². The average Bonchev–Trinajstić information content (AvgIpc) is 3.21. The van der Waals surface area contributed by atoms with Crippen molar-refractivity contribution in [2.45, 2.75) is 63.2 Å². The van der Waals surface area contributed by atoms with Gasteiger partial charge in [0.2, 0.25) is 11.9 Å². The van der Waals surface area contributed by atoms with Gasteiger partial charge in [-0.1, -0.05) is 6.07 Å². The molecule has 1 saturated carbocycles. The van der Waals surface area contributed by atoms with Gasteiger partial charge in [-0.25, -0.2) is 9.97 Å². The van der Waals surface area contributed by atoms with Crippen LogP contribution in [0.3, 0.4) is 0 Å². The van der Waals surface area contributed by atoms with Gasteiger partial charge in [0.25, 0.3) is 0 Å². The second kappa shape index (κ2) is 9.58. The van der Waals surface area contributed by atoms with Gasteiger partial charge < -0.3 is 15.4 Å². The largest absolute Gasteiger partial charge is 0.416 e. The highest BCUT2D eigenvalue weighted by Crippen LogP contribution is 2.38. The minimum absolute atomic E-state index is 0.00863.